The second-order valence-corrected chi connectivity index (χ2v) is 9.06. The molecule has 0 saturated carbocycles. The number of methoxy groups -OCH3 is 2. The average Bonchev–Trinajstić information content (AvgIpc) is 3.55. The van der Waals surface area contributed by atoms with Crippen LogP contribution in [-0.2, 0) is 0 Å². The number of hydrogen-bond donors (Lipinski definition) is 1. The maximum atomic E-state index is 13.2. The van der Waals surface area contributed by atoms with Crippen molar-refractivity contribution in [3.8, 4) is 22.6 Å². The van der Waals surface area contributed by atoms with Gasteiger partial charge in [0.1, 0.15) is 23.1 Å². The Hall–Kier alpha value is -4.20. The highest BCUT2D eigenvalue weighted by Gasteiger charge is 2.34. The zero-order chi connectivity index (χ0) is 25.2. The summed E-state index contributed by atoms with van der Waals surface area (Å²) in [5.74, 6) is 1.77. The number of likely N-dealkylation sites (tertiary alicyclic amines) is 1. The first-order valence-electron chi connectivity index (χ1n) is 11.9. The number of oxazole rings is 1. The summed E-state index contributed by atoms with van der Waals surface area (Å²) in [6, 6.07) is 19.3. The second-order valence-electron chi connectivity index (χ2n) is 9.06. The van der Waals surface area contributed by atoms with Gasteiger partial charge in [-0.15, -0.1) is 0 Å². The zero-order valence-corrected chi connectivity index (χ0v) is 20.9. The highest BCUT2D eigenvalue weighted by molar-refractivity contribution is 5.90. The predicted octanol–water partition coefficient (Wildman–Crippen LogP) is 5.95. The Labute approximate surface area is 210 Å². The fraction of sp³-hybridized carbons (Fsp3) is 0.286. The Kier molecular flexibility index (Phi) is 6.41. The maximum absolute atomic E-state index is 13.2. The first-order valence-corrected chi connectivity index (χ1v) is 11.9. The van der Waals surface area contributed by atoms with Crippen LogP contribution in [0.15, 0.2) is 65.1 Å². The van der Waals surface area contributed by atoms with Crippen molar-refractivity contribution in [1.29, 1.82) is 0 Å². The van der Waals surface area contributed by atoms with Crippen molar-refractivity contribution in [3.05, 3.63) is 66.6 Å². The highest BCUT2D eigenvalue weighted by atomic mass is 16.5. The SMILES string of the molecule is COc1cc(NC(=O)N2CCC[C@H]2c2nc3cc(-c4ccc(N(C)C)cc4)ccc3o2)cc(OC)c1. The average molecular weight is 487 g/mol. The lowest BCUT2D eigenvalue weighted by atomic mass is 10.0. The van der Waals surface area contributed by atoms with Crippen molar-refractivity contribution in [3.63, 3.8) is 0 Å². The molecule has 4 aromatic rings. The van der Waals surface area contributed by atoms with Gasteiger partial charge in [0.15, 0.2) is 5.58 Å². The lowest BCUT2D eigenvalue weighted by Gasteiger charge is -2.23. The lowest BCUT2D eigenvalue weighted by molar-refractivity contribution is 0.199. The second kappa shape index (κ2) is 9.81. The van der Waals surface area contributed by atoms with Crippen LogP contribution in [0.25, 0.3) is 22.2 Å². The molecule has 0 bridgehead atoms. The third-order valence-electron chi connectivity index (χ3n) is 6.52. The molecule has 1 N–H and O–H groups in total. The van der Waals surface area contributed by atoms with Crippen molar-refractivity contribution in [2.24, 2.45) is 0 Å². The molecule has 0 aliphatic carbocycles. The summed E-state index contributed by atoms with van der Waals surface area (Å²) in [5, 5.41) is 2.96. The number of benzene rings is 3. The van der Waals surface area contributed by atoms with E-state index in [1.807, 2.05) is 32.3 Å². The van der Waals surface area contributed by atoms with Gasteiger partial charge in [-0.1, -0.05) is 18.2 Å². The molecule has 186 valence electrons. The maximum Gasteiger partial charge on any atom is 0.322 e. The number of nitrogens with zero attached hydrogens (tertiary/aromatic N) is 3. The number of hydrogen-bond acceptors (Lipinski definition) is 6. The van der Waals surface area contributed by atoms with Gasteiger partial charge in [0.25, 0.3) is 0 Å². The van der Waals surface area contributed by atoms with Gasteiger partial charge in [-0.2, -0.15) is 0 Å². The van der Waals surface area contributed by atoms with Gasteiger partial charge in [0, 0.05) is 50.2 Å². The van der Waals surface area contributed by atoms with Crippen LogP contribution in [0.1, 0.15) is 24.8 Å². The minimum Gasteiger partial charge on any atom is -0.497 e. The molecule has 3 aromatic carbocycles. The van der Waals surface area contributed by atoms with E-state index in [1.165, 1.54) is 0 Å². The van der Waals surface area contributed by atoms with Gasteiger partial charge in [0.2, 0.25) is 5.89 Å². The topological polar surface area (TPSA) is 80.1 Å². The Morgan fingerprint density at radius 1 is 1.00 bits per heavy atom. The molecular formula is C28H30N4O4. The molecule has 1 aromatic heterocycles. The lowest BCUT2D eigenvalue weighted by Crippen LogP contribution is -2.34. The molecule has 8 nitrogen and oxygen atoms in total. The van der Waals surface area contributed by atoms with Crippen LogP contribution in [0.3, 0.4) is 0 Å². The molecule has 2 heterocycles. The third kappa shape index (κ3) is 4.66. The largest absolute Gasteiger partial charge is 0.497 e. The van der Waals surface area contributed by atoms with E-state index in [0.29, 0.717) is 35.2 Å². The van der Waals surface area contributed by atoms with Crippen molar-refractivity contribution in [1.82, 2.24) is 9.88 Å². The van der Waals surface area contributed by atoms with Crippen molar-refractivity contribution in [2.45, 2.75) is 18.9 Å². The van der Waals surface area contributed by atoms with E-state index < -0.39 is 0 Å². The Morgan fingerprint density at radius 3 is 2.36 bits per heavy atom. The first kappa shape index (κ1) is 23.5. The summed E-state index contributed by atoms with van der Waals surface area (Å²) in [7, 11) is 7.21. The minimum atomic E-state index is -0.229. The molecule has 0 spiro atoms. The number of amides is 2. The molecule has 0 radical (unpaired) electrons. The molecule has 1 aliphatic heterocycles. The van der Waals surface area contributed by atoms with Crippen molar-refractivity contribution < 1.29 is 18.7 Å². The number of ether oxygens (including phenoxy) is 2. The predicted molar refractivity (Wildman–Crippen MR) is 141 cm³/mol. The number of carbonyl (C=O) groups is 1. The molecule has 1 aliphatic rings. The number of nitrogens with one attached hydrogen (secondary N) is 1. The van der Waals surface area contributed by atoms with E-state index >= 15 is 0 Å². The number of rotatable bonds is 6. The van der Waals surface area contributed by atoms with Gasteiger partial charge >= 0.3 is 6.03 Å². The minimum absolute atomic E-state index is 0.211. The Balaban J connectivity index is 1.37. The van der Waals surface area contributed by atoms with E-state index in [-0.39, 0.29) is 12.1 Å². The van der Waals surface area contributed by atoms with Crippen LogP contribution in [0.5, 0.6) is 11.5 Å². The third-order valence-corrected chi connectivity index (χ3v) is 6.52. The summed E-state index contributed by atoms with van der Waals surface area (Å²) in [6.07, 6.45) is 1.67. The van der Waals surface area contributed by atoms with E-state index in [4.69, 9.17) is 18.9 Å². The summed E-state index contributed by atoms with van der Waals surface area (Å²) in [5.41, 5.74) is 5.43. The van der Waals surface area contributed by atoms with E-state index in [9.17, 15) is 4.79 Å². The van der Waals surface area contributed by atoms with Crippen LogP contribution in [0.4, 0.5) is 16.2 Å². The normalized spacial score (nSPS) is 15.2. The van der Waals surface area contributed by atoms with Crippen LogP contribution in [0.2, 0.25) is 0 Å². The molecular weight excluding hydrogens is 456 g/mol. The van der Waals surface area contributed by atoms with Gasteiger partial charge in [0.05, 0.1) is 14.2 Å². The number of aromatic nitrogens is 1. The Bertz CT molecular complexity index is 1360. The van der Waals surface area contributed by atoms with Crippen molar-refractivity contribution >= 4 is 28.5 Å². The van der Waals surface area contributed by atoms with Gasteiger partial charge < -0.3 is 29.0 Å². The van der Waals surface area contributed by atoms with Crippen LogP contribution in [-0.4, -0.2) is 50.8 Å². The van der Waals surface area contributed by atoms with E-state index in [0.717, 1.165) is 35.2 Å². The molecule has 1 fully saturated rings. The number of fused-ring (bicyclic) bond motifs is 1. The first-order chi connectivity index (χ1) is 17.4. The van der Waals surface area contributed by atoms with Crippen LogP contribution in [0, 0.1) is 0 Å². The number of anilines is 2. The molecule has 8 heteroatoms. The summed E-state index contributed by atoms with van der Waals surface area (Å²) in [6.45, 7) is 0.625. The highest BCUT2D eigenvalue weighted by Crippen LogP contribution is 2.35. The fourth-order valence-electron chi connectivity index (χ4n) is 4.56. The summed E-state index contributed by atoms with van der Waals surface area (Å²) < 4.78 is 16.7. The molecule has 36 heavy (non-hydrogen) atoms. The number of urea groups is 1. The summed E-state index contributed by atoms with van der Waals surface area (Å²) >= 11 is 0. The monoisotopic (exact) mass is 486 g/mol. The fourth-order valence-corrected chi connectivity index (χ4v) is 4.56. The zero-order valence-electron chi connectivity index (χ0n) is 20.9. The van der Waals surface area contributed by atoms with Crippen LogP contribution >= 0.6 is 0 Å². The van der Waals surface area contributed by atoms with Gasteiger partial charge in [-0.05, 0) is 48.2 Å². The smallest absolute Gasteiger partial charge is 0.322 e. The molecule has 2 amide bonds. The molecule has 1 saturated heterocycles. The molecule has 1 atom stereocenters. The Morgan fingerprint density at radius 2 is 1.69 bits per heavy atom. The van der Waals surface area contributed by atoms with Crippen LogP contribution < -0.4 is 19.7 Å². The van der Waals surface area contributed by atoms with Gasteiger partial charge in [-0.3, -0.25) is 0 Å². The van der Waals surface area contributed by atoms with Gasteiger partial charge in [-0.25, -0.2) is 9.78 Å². The van der Waals surface area contributed by atoms with E-state index in [2.05, 4.69) is 34.5 Å². The molecule has 0 unspecified atom stereocenters. The molecule has 5 rings (SSSR count). The number of carbonyl (C=O) groups excluding carboxylic acids is 1. The van der Waals surface area contributed by atoms with Crippen molar-refractivity contribution in [2.75, 3.05) is 45.1 Å². The standard InChI is InChI=1S/C28H30N4O4/c1-31(2)21-10-7-18(8-11-21)19-9-12-26-24(14-19)30-27(36-26)25-6-5-13-32(25)28(33)29-20-15-22(34-3)17-23(16-20)35-4/h7-12,14-17,25H,5-6,13H2,1-4H3,(H,29,33)/t25-/m0/s1. The summed E-state index contributed by atoms with van der Waals surface area (Å²) in [4.78, 5) is 21.8. The quantitative estimate of drug-likeness (QED) is 0.363. The van der Waals surface area contributed by atoms with E-state index in [1.54, 1.807) is 37.3 Å².